The van der Waals surface area contributed by atoms with Gasteiger partial charge in [0.1, 0.15) is 0 Å². The molecule has 1 saturated heterocycles. The first-order valence-electron chi connectivity index (χ1n) is 8.62. The monoisotopic (exact) mass is 506 g/mol. The van der Waals surface area contributed by atoms with Crippen molar-refractivity contribution in [2.75, 3.05) is 20.1 Å². The van der Waals surface area contributed by atoms with E-state index < -0.39 is 0 Å². The van der Waals surface area contributed by atoms with Crippen LogP contribution in [0.2, 0.25) is 0 Å². The molecule has 1 aromatic rings. The van der Waals surface area contributed by atoms with Crippen LogP contribution in [0.3, 0.4) is 0 Å². The summed E-state index contributed by atoms with van der Waals surface area (Å²) < 4.78 is 1.13. The summed E-state index contributed by atoms with van der Waals surface area (Å²) in [6.45, 7) is 5.40. The third-order valence-electron chi connectivity index (χ3n) is 4.91. The summed E-state index contributed by atoms with van der Waals surface area (Å²) in [6.07, 6.45) is 5.25. The zero-order valence-corrected chi connectivity index (χ0v) is 18.4. The van der Waals surface area contributed by atoms with Gasteiger partial charge in [-0.15, -0.1) is 24.0 Å². The Balaban J connectivity index is 0.00000208. The Labute approximate surface area is 171 Å². The van der Waals surface area contributed by atoms with Gasteiger partial charge in [0.05, 0.1) is 0 Å². The minimum atomic E-state index is 0. The van der Waals surface area contributed by atoms with Crippen LogP contribution >= 0.6 is 39.9 Å². The maximum Gasteiger partial charge on any atom is 0.191 e. The molecule has 2 fully saturated rings. The average Bonchev–Trinajstić information content (AvgIpc) is 3.38. The van der Waals surface area contributed by atoms with Crippen molar-refractivity contribution in [3.8, 4) is 0 Å². The van der Waals surface area contributed by atoms with E-state index in [9.17, 15) is 0 Å². The molecule has 134 valence electrons. The molecule has 2 N–H and O–H groups in total. The topological polar surface area (TPSA) is 39.7 Å². The van der Waals surface area contributed by atoms with Gasteiger partial charge in [-0.25, -0.2) is 0 Å². The summed E-state index contributed by atoms with van der Waals surface area (Å²) >= 11 is 3.51. The summed E-state index contributed by atoms with van der Waals surface area (Å²) in [5.41, 5.74) is 2.60. The molecule has 24 heavy (non-hydrogen) atoms. The normalized spacial score (nSPS) is 19.7. The van der Waals surface area contributed by atoms with Crippen LogP contribution in [0.4, 0.5) is 0 Å². The van der Waals surface area contributed by atoms with Crippen molar-refractivity contribution in [3.63, 3.8) is 0 Å². The Morgan fingerprint density at radius 3 is 2.54 bits per heavy atom. The zero-order valence-electron chi connectivity index (χ0n) is 14.5. The van der Waals surface area contributed by atoms with E-state index in [2.05, 4.69) is 61.6 Å². The predicted octanol–water partition coefficient (Wildman–Crippen LogP) is 3.67. The summed E-state index contributed by atoms with van der Waals surface area (Å²) in [7, 11) is 1.85. The number of hydrogen-bond donors (Lipinski definition) is 2. The number of aliphatic imine (C=N–C) groups is 1. The van der Waals surface area contributed by atoms with Gasteiger partial charge in [-0.05, 0) is 55.9 Å². The summed E-state index contributed by atoms with van der Waals surface area (Å²) in [5, 5.41) is 7.04. The fourth-order valence-corrected chi connectivity index (χ4v) is 3.75. The molecule has 4 nitrogen and oxygen atoms in total. The predicted molar refractivity (Wildman–Crippen MR) is 115 cm³/mol. The van der Waals surface area contributed by atoms with Gasteiger partial charge in [0, 0.05) is 43.2 Å². The van der Waals surface area contributed by atoms with Crippen LogP contribution in [0.1, 0.15) is 36.8 Å². The number of benzene rings is 1. The lowest BCUT2D eigenvalue weighted by molar-refractivity contribution is 0.197. The number of guanidine groups is 1. The zero-order chi connectivity index (χ0) is 16.2. The van der Waals surface area contributed by atoms with E-state index in [4.69, 9.17) is 0 Å². The molecule has 0 spiro atoms. The van der Waals surface area contributed by atoms with Gasteiger partial charge in [0.15, 0.2) is 5.96 Å². The molecule has 0 radical (unpaired) electrons. The highest BCUT2D eigenvalue weighted by atomic mass is 127. The van der Waals surface area contributed by atoms with E-state index in [0.717, 1.165) is 23.0 Å². The summed E-state index contributed by atoms with van der Waals surface area (Å²) in [4.78, 5) is 7.03. The van der Waals surface area contributed by atoms with Crippen molar-refractivity contribution in [1.82, 2.24) is 15.5 Å². The van der Waals surface area contributed by atoms with Crippen LogP contribution in [-0.2, 0) is 6.54 Å². The molecule has 0 bridgehead atoms. The van der Waals surface area contributed by atoms with E-state index in [1.165, 1.54) is 49.9 Å². The second-order valence-corrected chi connectivity index (χ2v) is 7.60. The molecule has 0 atom stereocenters. The van der Waals surface area contributed by atoms with Crippen molar-refractivity contribution in [2.24, 2.45) is 4.99 Å². The van der Waals surface area contributed by atoms with Crippen molar-refractivity contribution in [3.05, 3.63) is 33.8 Å². The second kappa shape index (κ2) is 9.38. The molecule has 0 aromatic heterocycles. The summed E-state index contributed by atoms with van der Waals surface area (Å²) in [5.74, 6) is 0.914. The minimum Gasteiger partial charge on any atom is -0.354 e. The van der Waals surface area contributed by atoms with Gasteiger partial charge in [0.2, 0.25) is 0 Å². The van der Waals surface area contributed by atoms with Crippen molar-refractivity contribution in [2.45, 2.75) is 51.2 Å². The number of hydrogen-bond acceptors (Lipinski definition) is 2. The van der Waals surface area contributed by atoms with E-state index in [0.29, 0.717) is 6.04 Å². The van der Waals surface area contributed by atoms with Crippen molar-refractivity contribution >= 4 is 45.9 Å². The van der Waals surface area contributed by atoms with Gasteiger partial charge in [-0.2, -0.15) is 0 Å². The quantitative estimate of drug-likeness (QED) is 0.372. The molecule has 0 amide bonds. The highest BCUT2D eigenvalue weighted by Gasteiger charge is 2.31. The van der Waals surface area contributed by atoms with E-state index in [-0.39, 0.29) is 24.0 Å². The number of nitrogens with one attached hydrogen (secondary N) is 2. The lowest BCUT2D eigenvalue weighted by atomic mass is 10.1. The number of halogens is 2. The highest BCUT2D eigenvalue weighted by molar-refractivity contribution is 14.0. The van der Waals surface area contributed by atoms with Crippen molar-refractivity contribution in [1.29, 1.82) is 0 Å². The molecule has 1 aliphatic carbocycles. The molecule has 1 heterocycles. The minimum absolute atomic E-state index is 0. The van der Waals surface area contributed by atoms with Crippen LogP contribution in [0.25, 0.3) is 0 Å². The van der Waals surface area contributed by atoms with Crippen LogP contribution in [0, 0.1) is 6.92 Å². The van der Waals surface area contributed by atoms with E-state index in [1.807, 2.05) is 7.05 Å². The third-order valence-corrected chi connectivity index (χ3v) is 5.40. The molecular formula is C18H28BrIN4. The molecule has 3 rings (SSSR count). The van der Waals surface area contributed by atoms with Gasteiger partial charge < -0.3 is 15.5 Å². The maximum atomic E-state index is 4.38. The standard InChI is InChI=1S/C18H27BrN4.HI/c1-13-11-15(19)4-3-14(13)12-21-18(20-2)22-16-7-9-23(10-8-16)17-5-6-17;/h3-4,11,16-17H,5-10,12H2,1-2H3,(H2,20,21,22);1H. The molecular weight excluding hydrogens is 479 g/mol. The Kier molecular flexibility index (Phi) is 7.81. The first kappa shape index (κ1) is 20.0. The molecule has 1 saturated carbocycles. The smallest absolute Gasteiger partial charge is 0.191 e. The van der Waals surface area contributed by atoms with E-state index in [1.54, 1.807) is 0 Å². The average molecular weight is 507 g/mol. The summed E-state index contributed by atoms with van der Waals surface area (Å²) in [6, 6.07) is 7.85. The first-order valence-corrected chi connectivity index (χ1v) is 9.41. The highest BCUT2D eigenvalue weighted by Crippen LogP contribution is 2.29. The molecule has 1 aromatic carbocycles. The fourth-order valence-electron chi connectivity index (χ4n) is 3.27. The molecule has 2 aliphatic rings. The first-order chi connectivity index (χ1) is 11.2. The van der Waals surface area contributed by atoms with Crippen LogP contribution < -0.4 is 10.6 Å². The number of piperidine rings is 1. The van der Waals surface area contributed by atoms with Crippen molar-refractivity contribution < 1.29 is 0 Å². The Morgan fingerprint density at radius 1 is 1.25 bits per heavy atom. The number of likely N-dealkylation sites (tertiary alicyclic amines) is 1. The van der Waals surface area contributed by atoms with Crippen LogP contribution in [0.5, 0.6) is 0 Å². The Hall–Kier alpha value is -0.340. The van der Waals surface area contributed by atoms with Gasteiger partial charge in [0.25, 0.3) is 0 Å². The number of aryl methyl sites for hydroxylation is 1. The van der Waals surface area contributed by atoms with Gasteiger partial charge in [-0.3, -0.25) is 4.99 Å². The Morgan fingerprint density at radius 2 is 1.96 bits per heavy atom. The fraction of sp³-hybridized carbons (Fsp3) is 0.611. The number of rotatable bonds is 4. The van der Waals surface area contributed by atoms with Gasteiger partial charge >= 0.3 is 0 Å². The lowest BCUT2D eigenvalue weighted by Gasteiger charge is -2.33. The lowest BCUT2D eigenvalue weighted by Crippen LogP contribution is -2.48. The number of nitrogens with zero attached hydrogens (tertiary/aromatic N) is 2. The molecule has 0 unspecified atom stereocenters. The second-order valence-electron chi connectivity index (χ2n) is 6.68. The maximum absolute atomic E-state index is 4.38. The van der Waals surface area contributed by atoms with Gasteiger partial charge in [-0.1, -0.05) is 22.0 Å². The van der Waals surface area contributed by atoms with E-state index >= 15 is 0 Å². The molecule has 1 aliphatic heterocycles. The van der Waals surface area contributed by atoms with Crippen LogP contribution in [-0.4, -0.2) is 43.1 Å². The van der Waals surface area contributed by atoms with Crippen LogP contribution in [0.15, 0.2) is 27.7 Å². The third kappa shape index (κ3) is 5.59. The Bertz CT molecular complexity index is 566. The SMILES string of the molecule is CN=C(NCc1ccc(Br)cc1C)NC1CCN(C2CC2)CC1.I. The largest absolute Gasteiger partial charge is 0.354 e. The molecule has 6 heteroatoms.